The zero-order valence-electron chi connectivity index (χ0n) is 10.2. The van der Waals surface area contributed by atoms with Crippen LogP contribution in [0.2, 0.25) is 0 Å². The summed E-state index contributed by atoms with van der Waals surface area (Å²) in [5.41, 5.74) is 1.97. The van der Waals surface area contributed by atoms with E-state index in [0.29, 0.717) is 6.54 Å². The highest BCUT2D eigenvalue weighted by Gasteiger charge is 2.08. The number of rotatable bonds is 3. The Hall–Kier alpha value is -1.62. The molecule has 0 atom stereocenters. The number of aromatic nitrogens is 2. The van der Waals surface area contributed by atoms with E-state index in [1.54, 1.807) is 4.68 Å². The maximum absolute atomic E-state index is 11.8. The van der Waals surface area contributed by atoms with Crippen molar-refractivity contribution in [2.24, 2.45) is 7.05 Å². The Morgan fingerprint density at radius 1 is 1.47 bits per heavy atom. The van der Waals surface area contributed by atoms with E-state index in [0.717, 1.165) is 21.1 Å². The second-order valence-corrected chi connectivity index (χ2v) is 5.28. The normalized spacial score (nSPS) is 10.5. The Labute approximate surface area is 104 Å². The molecule has 0 spiro atoms. The molecule has 0 unspecified atom stereocenters. The molecular weight excluding hydrogens is 234 g/mol. The molecule has 0 aliphatic rings. The Kier molecular flexibility index (Phi) is 3.28. The van der Waals surface area contributed by atoms with E-state index in [1.165, 1.54) is 11.3 Å². The van der Waals surface area contributed by atoms with Crippen molar-refractivity contribution in [3.05, 3.63) is 39.3 Å². The second-order valence-electron chi connectivity index (χ2n) is 3.99. The molecule has 17 heavy (non-hydrogen) atoms. The van der Waals surface area contributed by atoms with Gasteiger partial charge in [-0.25, -0.2) is 0 Å². The molecule has 2 aromatic rings. The van der Waals surface area contributed by atoms with Crippen LogP contribution in [0.3, 0.4) is 0 Å². The number of amides is 1. The summed E-state index contributed by atoms with van der Waals surface area (Å²) >= 11 is 1.50. The summed E-state index contributed by atoms with van der Waals surface area (Å²) in [6, 6.07) is 5.77. The van der Waals surface area contributed by atoms with Crippen molar-refractivity contribution >= 4 is 17.2 Å². The number of carbonyl (C=O) groups is 1. The maximum Gasteiger partial charge on any atom is 0.261 e. The Morgan fingerprint density at radius 3 is 2.76 bits per heavy atom. The van der Waals surface area contributed by atoms with Crippen LogP contribution in [0.15, 0.2) is 18.2 Å². The standard InChI is InChI=1S/C12H15N3OS/c1-8-6-10(14-15(8)3)7-13-12(16)11-5-4-9(2)17-11/h4-6H,7H2,1-3H3,(H,13,16). The predicted octanol–water partition coefficient (Wildman–Crippen LogP) is 2.03. The minimum atomic E-state index is -0.0357. The fourth-order valence-electron chi connectivity index (χ4n) is 1.54. The smallest absolute Gasteiger partial charge is 0.261 e. The van der Waals surface area contributed by atoms with Crippen LogP contribution in [-0.4, -0.2) is 15.7 Å². The van der Waals surface area contributed by atoms with Gasteiger partial charge < -0.3 is 5.32 Å². The van der Waals surface area contributed by atoms with Crippen molar-refractivity contribution in [2.75, 3.05) is 0 Å². The highest BCUT2D eigenvalue weighted by Crippen LogP contribution is 2.14. The van der Waals surface area contributed by atoms with Crippen LogP contribution in [0, 0.1) is 13.8 Å². The number of hydrogen-bond acceptors (Lipinski definition) is 3. The molecule has 0 fully saturated rings. The molecule has 0 radical (unpaired) electrons. The Bertz CT molecular complexity index is 522. The summed E-state index contributed by atoms with van der Waals surface area (Å²) in [6.45, 7) is 4.45. The van der Waals surface area contributed by atoms with Crippen LogP contribution < -0.4 is 5.32 Å². The average Bonchev–Trinajstić information content (AvgIpc) is 2.83. The molecule has 90 valence electrons. The minimum absolute atomic E-state index is 0.0357. The molecular formula is C12H15N3OS. The Morgan fingerprint density at radius 2 is 2.24 bits per heavy atom. The first kappa shape index (κ1) is 11.9. The fourth-order valence-corrected chi connectivity index (χ4v) is 2.32. The van der Waals surface area contributed by atoms with Crippen LogP contribution in [0.5, 0.6) is 0 Å². The van der Waals surface area contributed by atoms with Crippen molar-refractivity contribution in [1.82, 2.24) is 15.1 Å². The quantitative estimate of drug-likeness (QED) is 0.904. The third kappa shape index (κ3) is 2.74. The second kappa shape index (κ2) is 4.71. The highest BCUT2D eigenvalue weighted by atomic mass is 32.1. The lowest BCUT2D eigenvalue weighted by atomic mass is 10.3. The molecule has 0 bridgehead atoms. The van der Waals surface area contributed by atoms with Gasteiger partial charge in [0.15, 0.2) is 0 Å². The van der Waals surface area contributed by atoms with Gasteiger partial charge in [-0.05, 0) is 32.0 Å². The molecule has 2 rings (SSSR count). The summed E-state index contributed by atoms with van der Waals surface area (Å²) in [7, 11) is 1.89. The number of nitrogens with one attached hydrogen (secondary N) is 1. The van der Waals surface area contributed by atoms with Gasteiger partial charge in [0.25, 0.3) is 5.91 Å². The van der Waals surface area contributed by atoms with E-state index in [4.69, 9.17) is 0 Å². The van der Waals surface area contributed by atoms with Crippen LogP contribution in [-0.2, 0) is 13.6 Å². The van der Waals surface area contributed by atoms with E-state index >= 15 is 0 Å². The van der Waals surface area contributed by atoms with Gasteiger partial charge in [0.2, 0.25) is 0 Å². The molecule has 1 amide bonds. The number of aryl methyl sites for hydroxylation is 3. The molecule has 2 aromatic heterocycles. The summed E-state index contributed by atoms with van der Waals surface area (Å²) in [5, 5.41) is 7.15. The van der Waals surface area contributed by atoms with Gasteiger partial charge >= 0.3 is 0 Å². The topological polar surface area (TPSA) is 46.9 Å². The van der Waals surface area contributed by atoms with Crippen LogP contribution >= 0.6 is 11.3 Å². The lowest BCUT2D eigenvalue weighted by Crippen LogP contribution is -2.22. The summed E-state index contributed by atoms with van der Waals surface area (Å²) in [6.07, 6.45) is 0. The van der Waals surface area contributed by atoms with E-state index in [2.05, 4.69) is 10.4 Å². The zero-order valence-corrected chi connectivity index (χ0v) is 11.0. The van der Waals surface area contributed by atoms with Gasteiger partial charge in [-0.2, -0.15) is 5.10 Å². The van der Waals surface area contributed by atoms with Crippen molar-refractivity contribution in [3.63, 3.8) is 0 Å². The monoisotopic (exact) mass is 249 g/mol. The van der Waals surface area contributed by atoms with Crippen molar-refractivity contribution in [3.8, 4) is 0 Å². The van der Waals surface area contributed by atoms with Gasteiger partial charge in [-0.1, -0.05) is 0 Å². The molecule has 2 heterocycles. The van der Waals surface area contributed by atoms with E-state index in [9.17, 15) is 4.79 Å². The molecule has 0 aliphatic carbocycles. The summed E-state index contributed by atoms with van der Waals surface area (Å²) in [5.74, 6) is -0.0357. The van der Waals surface area contributed by atoms with Gasteiger partial charge in [0.1, 0.15) is 0 Å². The molecule has 0 saturated carbocycles. The highest BCUT2D eigenvalue weighted by molar-refractivity contribution is 7.13. The number of thiophene rings is 1. The zero-order chi connectivity index (χ0) is 12.4. The lowest BCUT2D eigenvalue weighted by molar-refractivity contribution is 0.0954. The first-order valence-electron chi connectivity index (χ1n) is 5.40. The third-order valence-corrected chi connectivity index (χ3v) is 3.56. The molecule has 0 aromatic carbocycles. The molecule has 4 nitrogen and oxygen atoms in total. The number of carbonyl (C=O) groups excluding carboxylic acids is 1. The van der Waals surface area contributed by atoms with E-state index in [-0.39, 0.29) is 5.91 Å². The van der Waals surface area contributed by atoms with Crippen LogP contribution in [0.1, 0.15) is 25.9 Å². The third-order valence-electron chi connectivity index (χ3n) is 2.56. The van der Waals surface area contributed by atoms with Gasteiger partial charge in [0.05, 0.1) is 17.1 Å². The molecule has 5 heteroatoms. The van der Waals surface area contributed by atoms with Gasteiger partial charge in [-0.15, -0.1) is 11.3 Å². The van der Waals surface area contributed by atoms with E-state index in [1.807, 2.05) is 39.1 Å². The SMILES string of the molecule is Cc1ccc(C(=O)NCc2cc(C)n(C)n2)s1. The first-order chi connectivity index (χ1) is 8.06. The van der Waals surface area contributed by atoms with Crippen molar-refractivity contribution < 1.29 is 4.79 Å². The summed E-state index contributed by atoms with van der Waals surface area (Å²) < 4.78 is 1.80. The molecule has 1 N–H and O–H groups in total. The van der Waals surface area contributed by atoms with Gasteiger partial charge in [0, 0.05) is 17.6 Å². The predicted molar refractivity (Wildman–Crippen MR) is 68.2 cm³/mol. The summed E-state index contributed by atoms with van der Waals surface area (Å²) in [4.78, 5) is 13.7. The largest absolute Gasteiger partial charge is 0.346 e. The number of nitrogens with zero attached hydrogens (tertiary/aromatic N) is 2. The maximum atomic E-state index is 11.8. The first-order valence-corrected chi connectivity index (χ1v) is 6.22. The Balaban J connectivity index is 1.96. The number of hydrogen-bond donors (Lipinski definition) is 1. The average molecular weight is 249 g/mol. The lowest BCUT2D eigenvalue weighted by Gasteiger charge is -2.00. The minimum Gasteiger partial charge on any atom is -0.346 e. The van der Waals surface area contributed by atoms with Crippen LogP contribution in [0.25, 0.3) is 0 Å². The molecule has 0 aliphatic heterocycles. The van der Waals surface area contributed by atoms with Gasteiger partial charge in [-0.3, -0.25) is 9.48 Å². The van der Waals surface area contributed by atoms with E-state index < -0.39 is 0 Å². The van der Waals surface area contributed by atoms with Crippen molar-refractivity contribution in [1.29, 1.82) is 0 Å². The van der Waals surface area contributed by atoms with Crippen LogP contribution in [0.4, 0.5) is 0 Å². The fraction of sp³-hybridized carbons (Fsp3) is 0.333. The molecule has 0 saturated heterocycles. The van der Waals surface area contributed by atoms with Crippen molar-refractivity contribution in [2.45, 2.75) is 20.4 Å².